The number of halogens is 4. The number of nitrogens with one attached hydrogen (secondary N) is 2. The average molecular weight is 511 g/mol. The van der Waals surface area contributed by atoms with Crippen molar-refractivity contribution >= 4 is 29.0 Å². The van der Waals surface area contributed by atoms with Crippen LogP contribution >= 0.6 is 11.6 Å². The van der Waals surface area contributed by atoms with Gasteiger partial charge >= 0.3 is 6.18 Å². The number of benzene rings is 2. The Bertz CT molecular complexity index is 1210. The molecule has 2 atom stereocenters. The van der Waals surface area contributed by atoms with E-state index >= 15 is 0 Å². The van der Waals surface area contributed by atoms with Gasteiger partial charge in [0, 0.05) is 35.3 Å². The van der Waals surface area contributed by atoms with Gasteiger partial charge in [0.2, 0.25) is 5.75 Å². The number of carbonyl (C=O) groups is 1. The Morgan fingerprint density at radius 1 is 1.09 bits per heavy atom. The number of nitrogens with zero attached hydrogens (tertiary/aromatic N) is 2. The SMILES string of the molecule is COc1cc(NC(=O)c2cc3n(n2)[C@@H](C(F)(F)F)C[C@H](c2ccc(Cl)cc2)N3)cc(OC)c1OC. The lowest BCUT2D eigenvalue weighted by atomic mass is 9.97. The minimum absolute atomic E-state index is 0.0774. The maximum Gasteiger partial charge on any atom is 0.410 e. The van der Waals surface area contributed by atoms with Gasteiger partial charge in [0.15, 0.2) is 23.2 Å². The molecule has 0 saturated carbocycles. The Morgan fingerprint density at radius 2 is 1.71 bits per heavy atom. The normalized spacial score (nSPS) is 17.2. The van der Waals surface area contributed by atoms with E-state index in [-0.39, 0.29) is 23.6 Å². The van der Waals surface area contributed by atoms with Crippen LogP contribution in [0.4, 0.5) is 24.7 Å². The van der Waals surface area contributed by atoms with Crippen LogP contribution in [0.3, 0.4) is 0 Å². The second-order valence-corrected chi connectivity index (χ2v) is 8.21. The summed E-state index contributed by atoms with van der Waals surface area (Å²) in [7, 11) is 4.29. The molecule has 1 aliphatic heterocycles. The summed E-state index contributed by atoms with van der Waals surface area (Å²) < 4.78 is 58.3. The molecule has 3 aromatic rings. The third-order valence-electron chi connectivity index (χ3n) is 5.62. The van der Waals surface area contributed by atoms with E-state index in [1.165, 1.54) is 39.5 Å². The second-order valence-electron chi connectivity index (χ2n) is 7.77. The first-order valence-corrected chi connectivity index (χ1v) is 10.8. The lowest BCUT2D eigenvalue weighted by Gasteiger charge is -2.33. The molecule has 1 aliphatic rings. The summed E-state index contributed by atoms with van der Waals surface area (Å²) in [6.45, 7) is 0. The van der Waals surface area contributed by atoms with E-state index in [0.717, 1.165) is 4.68 Å². The van der Waals surface area contributed by atoms with Crippen molar-refractivity contribution in [2.45, 2.75) is 24.7 Å². The molecule has 0 bridgehead atoms. The molecule has 0 aliphatic carbocycles. The third-order valence-corrected chi connectivity index (χ3v) is 5.87. The zero-order valence-corrected chi connectivity index (χ0v) is 19.7. The van der Waals surface area contributed by atoms with Crippen LogP contribution in [-0.2, 0) is 0 Å². The monoisotopic (exact) mass is 510 g/mol. The predicted molar refractivity (Wildman–Crippen MR) is 124 cm³/mol. The molecule has 0 unspecified atom stereocenters. The van der Waals surface area contributed by atoms with Crippen molar-refractivity contribution in [3.63, 3.8) is 0 Å². The van der Waals surface area contributed by atoms with Crippen molar-refractivity contribution in [1.29, 1.82) is 0 Å². The summed E-state index contributed by atoms with van der Waals surface area (Å²) in [5, 5.41) is 10.1. The highest BCUT2D eigenvalue weighted by Crippen LogP contribution is 2.44. The molecule has 35 heavy (non-hydrogen) atoms. The number of hydrogen-bond acceptors (Lipinski definition) is 6. The highest BCUT2D eigenvalue weighted by Gasteiger charge is 2.46. The number of methoxy groups -OCH3 is 3. The van der Waals surface area contributed by atoms with Gasteiger partial charge in [0.25, 0.3) is 5.91 Å². The Balaban J connectivity index is 1.64. The number of fused-ring (bicyclic) bond motifs is 1. The van der Waals surface area contributed by atoms with Crippen molar-refractivity contribution in [3.8, 4) is 17.2 Å². The molecule has 2 aromatic carbocycles. The molecule has 0 radical (unpaired) electrons. The van der Waals surface area contributed by atoms with Crippen LogP contribution in [0.5, 0.6) is 17.2 Å². The standard InChI is InChI=1S/C23H22ClF3N4O4/c1-33-17-8-14(9-18(34-2)21(17)35-3)28-22(32)16-11-20-29-15(12-4-6-13(24)7-5-12)10-19(23(25,26)27)31(20)30-16/h4-9,11,15,19,29H,10H2,1-3H3,(H,28,32)/t15-,19-/m1/s1. The first-order chi connectivity index (χ1) is 16.6. The number of alkyl halides is 3. The minimum atomic E-state index is -4.57. The number of aromatic nitrogens is 2. The number of carbonyl (C=O) groups excluding carboxylic acids is 1. The highest BCUT2D eigenvalue weighted by molar-refractivity contribution is 6.30. The molecular formula is C23H22ClF3N4O4. The van der Waals surface area contributed by atoms with Crippen LogP contribution < -0.4 is 24.8 Å². The fourth-order valence-corrected chi connectivity index (χ4v) is 4.07. The van der Waals surface area contributed by atoms with E-state index in [1.54, 1.807) is 24.3 Å². The molecule has 0 fully saturated rings. The summed E-state index contributed by atoms with van der Waals surface area (Å²) in [6, 6.07) is 8.29. The summed E-state index contributed by atoms with van der Waals surface area (Å²) >= 11 is 5.91. The summed E-state index contributed by atoms with van der Waals surface area (Å²) in [6.07, 6.45) is -4.87. The third kappa shape index (κ3) is 4.95. The topological polar surface area (TPSA) is 86.6 Å². The van der Waals surface area contributed by atoms with E-state index in [9.17, 15) is 18.0 Å². The van der Waals surface area contributed by atoms with E-state index < -0.39 is 24.2 Å². The molecule has 2 heterocycles. The molecule has 1 amide bonds. The molecule has 4 rings (SSSR count). The molecule has 1 aromatic heterocycles. The smallest absolute Gasteiger partial charge is 0.410 e. The predicted octanol–water partition coefficient (Wildman–Crippen LogP) is 5.47. The zero-order chi connectivity index (χ0) is 25.3. The van der Waals surface area contributed by atoms with E-state index in [1.807, 2.05) is 0 Å². The molecule has 8 nitrogen and oxygen atoms in total. The van der Waals surface area contributed by atoms with Crippen molar-refractivity contribution in [1.82, 2.24) is 9.78 Å². The minimum Gasteiger partial charge on any atom is -0.493 e. The Labute approximate surface area is 203 Å². The van der Waals surface area contributed by atoms with Crippen LogP contribution in [0.2, 0.25) is 5.02 Å². The number of rotatable bonds is 6. The van der Waals surface area contributed by atoms with E-state index in [2.05, 4.69) is 15.7 Å². The van der Waals surface area contributed by atoms with Gasteiger partial charge in [-0.1, -0.05) is 23.7 Å². The molecule has 0 saturated heterocycles. The van der Waals surface area contributed by atoms with Gasteiger partial charge in [-0.15, -0.1) is 0 Å². The van der Waals surface area contributed by atoms with Crippen molar-refractivity contribution in [2.75, 3.05) is 32.0 Å². The molecular weight excluding hydrogens is 489 g/mol. The van der Waals surface area contributed by atoms with Crippen molar-refractivity contribution < 1.29 is 32.2 Å². The largest absolute Gasteiger partial charge is 0.493 e. The van der Waals surface area contributed by atoms with Crippen molar-refractivity contribution in [2.24, 2.45) is 0 Å². The summed E-state index contributed by atoms with van der Waals surface area (Å²) in [5.41, 5.74) is 0.738. The first-order valence-electron chi connectivity index (χ1n) is 10.4. The molecule has 12 heteroatoms. The second kappa shape index (κ2) is 9.57. The zero-order valence-electron chi connectivity index (χ0n) is 18.9. The van der Waals surface area contributed by atoms with Crippen molar-refractivity contribution in [3.05, 3.63) is 58.7 Å². The summed E-state index contributed by atoms with van der Waals surface area (Å²) in [4.78, 5) is 12.9. The van der Waals surface area contributed by atoms with Crippen LogP contribution in [0.1, 0.15) is 34.6 Å². The van der Waals surface area contributed by atoms with Gasteiger partial charge < -0.3 is 24.8 Å². The fraction of sp³-hybridized carbons (Fsp3) is 0.304. The molecule has 0 spiro atoms. The van der Waals surface area contributed by atoms with Gasteiger partial charge in [-0.05, 0) is 17.7 Å². The van der Waals surface area contributed by atoms with Crippen LogP contribution in [0, 0.1) is 0 Å². The number of amides is 1. The maximum absolute atomic E-state index is 13.9. The van der Waals surface area contributed by atoms with Crippen LogP contribution in [0.25, 0.3) is 0 Å². The van der Waals surface area contributed by atoms with Gasteiger partial charge in [-0.3, -0.25) is 4.79 Å². The van der Waals surface area contributed by atoms with E-state index in [4.69, 9.17) is 25.8 Å². The number of hydrogen-bond donors (Lipinski definition) is 2. The average Bonchev–Trinajstić information content (AvgIpc) is 3.27. The Morgan fingerprint density at radius 3 is 2.26 bits per heavy atom. The highest BCUT2D eigenvalue weighted by atomic mass is 35.5. The Kier molecular flexibility index (Phi) is 6.70. The van der Waals surface area contributed by atoms with Crippen LogP contribution in [0.15, 0.2) is 42.5 Å². The number of anilines is 2. The van der Waals surface area contributed by atoms with Gasteiger partial charge in [-0.2, -0.15) is 18.3 Å². The lowest BCUT2D eigenvalue weighted by Crippen LogP contribution is -2.35. The van der Waals surface area contributed by atoms with Gasteiger partial charge in [0.05, 0.1) is 27.4 Å². The molecule has 186 valence electrons. The Hall–Kier alpha value is -3.60. The number of ether oxygens (including phenoxy) is 3. The van der Waals surface area contributed by atoms with E-state index in [0.29, 0.717) is 27.8 Å². The van der Waals surface area contributed by atoms with Gasteiger partial charge in [-0.25, -0.2) is 4.68 Å². The molecule has 2 N–H and O–H groups in total. The lowest BCUT2D eigenvalue weighted by molar-refractivity contribution is -0.173. The first kappa shape index (κ1) is 24.5. The van der Waals surface area contributed by atoms with Gasteiger partial charge in [0.1, 0.15) is 5.82 Å². The maximum atomic E-state index is 13.9. The van der Waals surface area contributed by atoms with Crippen LogP contribution in [-0.4, -0.2) is 43.2 Å². The quantitative estimate of drug-likeness (QED) is 0.457. The fourth-order valence-electron chi connectivity index (χ4n) is 3.95. The summed E-state index contributed by atoms with van der Waals surface area (Å²) in [5.74, 6) is 0.309.